The van der Waals surface area contributed by atoms with Crippen LogP contribution in [0, 0.1) is 0 Å². The predicted molar refractivity (Wildman–Crippen MR) is 100 cm³/mol. The normalized spacial score (nSPS) is 12.1. The molecule has 1 rings (SSSR count). The summed E-state index contributed by atoms with van der Waals surface area (Å²) in [5, 5.41) is 2.77. The van der Waals surface area contributed by atoms with Crippen molar-refractivity contribution in [2.24, 2.45) is 0 Å². The first-order valence-electron chi connectivity index (χ1n) is 7.74. The van der Waals surface area contributed by atoms with Gasteiger partial charge in [0.1, 0.15) is 5.60 Å². The second kappa shape index (κ2) is 8.83. The van der Waals surface area contributed by atoms with Gasteiger partial charge in [0.2, 0.25) is 0 Å². The number of carbonyl (C=O) groups is 1. The molecule has 0 saturated carbocycles. The van der Waals surface area contributed by atoms with Crippen LogP contribution in [0.3, 0.4) is 0 Å². The van der Waals surface area contributed by atoms with E-state index < -0.39 is 5.60 Å². The third-order valence-electron chi connectivity index (χ3n) is 2.42. The molecule has 130 valence electrons. The number of nitrogens with zero attached hydrogens (tertiary/aromatic N) is 1. The minimum atomic E-state index is -0.454. The van der Waals surface area contributed by atoms with Crippen LogP contribution in [0.5, 0.6) is 0 Å². The third kappa shape index (κ3) is 9.76. The molecule has 4 nitrogen and oxygen atoms in total. The number of thioether (sulfide) groups is 2. The Kier molecular flexibility index (Phi) is 7.74. The number of hydrogen-bond donors (Lipinski definition) is 1. The summed E-state index contributed by atoms with van der Waals surface area (Å²) in [6, 6.07) is 4.10. The molecule has 0 atom stereocenters. The molecule has 1 aromatic heterocycles. The highest BCUT2D eigenvalue weighted by Gasteiger charge is 2.16. The summed E-state index contributed by atoms with van der Waals surface area (Å²) in [6.45, 7) is 12.8. The van der Waals surface area contributed by atoms with Crippen LogP contribution in [0.25, 0.3) is 0 Å². The van der Waals surface area contributed by atoms with Gasteiger partial charge in [-0.25, -0.2) is 4.79 Å². The largest absolute Gasteiger partial charge is 0.444 e. The fourth-order valence-corrected chi connectivity index (χ4v) is 3.62. The zero-order valence-electron chi connectivity index (χ0n) is 14.9. The monoisotopic (exact) mass is 356 g/mol. The van der Waals surface area contributed by atoms with Gasteiger partial charge in [0, 0.05) is 33.9 Å². The Hall–Kier alpha value is -0.880. The molecule has 1 heterocycles. The van der Waals surface area contributed by atoms with E-state index in [1.807, 2.05) is 44.8 Å². The molecule has 0 aromatic carbocycles. The zero-order valence-corrected chi connectivity index (χ0v) is 16.6. The van der Waals surface area contributed by atoms with Crippen LogP contribution in [0.1, 0.15) is 47.2 Å². The number of ether oxygens (including phenoxy) is 1. The van der Waals surface area contributed by atoms with Gasteiger partial charge in [-0.1, -0.05) is 20.8 Å². The van der Waals surface area contributed by atoms with Crippen LogP contribution in [-0.2, 0) is 10.5 Å². The quantitative estimate of drug-likeness (QED) is 0.590. The smallest absolute Gasteiger partial charge is 0.407 e. The Labute approximate surface area is 148 Å². The first-order chi connectivity index (χ1) is 10.6. The lowest BCUT2D eigenvalue weighted by molar-refractivity contribution is 0.0531. The Morgan fingerprint density at radius 2 is 1.96 bits per heavy atom. The van der Waals surface area contributed by atoms with Gasteiger partial charge in [-0.15, -0.1) is 11.8 Å². The van der Waals surface area contributed by atoms with Crippen molar-refractivity contribution in [2.75, 3.05) is 12.3 Å². The molecule has 0 spiro atoms. The van der Waals surface area contributed by atoms with Crippen LogP contribution in [0.15, 0.2) is 23.2 Å². The number of alkyl carbamates (subject to hydrolysis) is 1. The molecule has 0 bridgehead atoms. The van der Waals surface area contributed by atoms with Crippen molar-refractivity contribution in [3.8, 4) is 0 Å². The molecule has 1 aromatic rings. The molecular formula is C17H28N2O2S2. The van der Waals surface area contributed by atoms with Gasteiger partial charge in [-0.3, -0.25) is 4.98 Å². The van der Waals surface area contributed by atoms with Gasteiger partial charge in [-0.2, -0.15) is 11.8 Å². The van der Waals surface area contributed by atoms with Crippen LogP contribution in [0.2, 0.25) is 0 Å². The van der Waals surface area contributed by atoms with E-state index in [-0.39, 0.29) is 10.8 Å². The maximum absolute atomic E-state index is 11.5. The fraction of sp³-hybridized carbons (Fsp3) is 0.647. The highest BCUT2D eigenvalue weighted by Crippen LogP contribution is 2.34. The molecule has 0 aliphatic carbocycles. The van der Waals surface area contributed by atoms with E-state index in [1.54, 1.807) is 11.8 Å². The minimum Gasteiger partial charge on any atom is -0.444 e. The van der Waals surface area contributed by atoms with E-state index in [2.05, 4.69) is 37.1 Å². The average molecular weight is 357 g/mol. The molecule has 6 heteroatoms. The molecule has 23 heavy (non-hydrogen) atoms. The molecule has 0 aliphatic heterocycles. The Morgan fingerprint density at radius 1 is 1.26 bits per heavy atom. The number of pyridine rings is 1. The van der Waals surface area contributed by atoms with E-state index >= 15 is 0 Å². The maximum Gasteiger partial charge on any atom is 0.407 e. The van der Waals surface area contributed by atoms with Crippen LogP contribution < -0.4 is 5.32 Å². The summed E-state index contributed by atoms with van der Waals surface area (Å²) < 4.78 is 5.37. The van der Waals surface area contributed by atoms with Crippen molar-refractivity contribution >= 4 is 29.6 Å². The lowest BCUT2D eigenvalue weighted by Crippen LogP contribution is -2.33. The van der Waals surface area contributed by atoms with E-state index in [4.69, 9.17) is 4.74 Å². The molecule has 1 amide bonds. The Bertz CT molecular complexity index is 508. The second-order valence-electron chi connectivity index (χ2n) is 7.14. The van der Waals surface area contributed by atoms with Crippen molar-refractivity contribution in [1.82, 2.24) is 10.3 Å². The number of aromatic nitrogens is 1. The molecule has 0 aliphatic rings. The lowest BCUT2D eigenvalue weighted by Gasteiger charge is -2.20. The maximum atomic E-state index is 11.5. The van der Waals surface area contributed by atoms with Crippen molar-refractivity contribution in [3.05, 3.63) is 24.0 Å². The first-order valence-corrected chi connectivity index (χ1v) is 9.71. The standard InChI is InChI=1S/C17H28N2O2S2/c1-16(2,3)21-15(20)19-10-11-22-12-13-14(8-7-9-18-13)23-17(4,5)6/h7-9H,10-12H2,1-6H3,(H,19,20). The van der Waals surface area contributed by atoms with Crippen molar-refractivity contribution in [1.29, 1.82) is 0 Å². The summed E-state index contributed by atoms with van der Waals surface area (Å²) in [6.07, 6.45) is 1.47. The average Bonchev–Trinajstić information content (AvgIpc) is 2.36. The van der Waals surface area contributed by atoms with Crippen molar-refractivity contribution in [3.63, 3.8) is 0 Å². The second-order valence-corrected chi connectivity index (χ2v) is 10.1. The van der Waals surface area contributed by atoms with E-state index in [1.165, 1.54) is 4.90 Å². The van der Waals surface area contributed by atoms with Crippen LogP contribution >= 0.6 is 23.5 Å². The molecular weight excluding hydrogens is 328 g/mol. The highest BCUT2D eigenvalue weighted by molar-refractivity contribution is 8.01. The predicted octanol–water partition coefficient (Wildman–Crippen LogP) is 4.73. The highest BCUT2D eigenvalue weighted by atomic mass is 32.2. The number of amides is 1. The lowest BCUT2D eigenvalue weighted by atomic mass is 10.2. The molecule has 0 unspecified atom stereocenters. The minimum absolute atomic E-state index is 0.167. The van der Waals surface area contributed by atoms with Crippen LogP contribution in [0.4, 0.5) is 4.79 Å². The first kappa shape index (κ1) is 20.2. The van der Waals surface area contributed by atoms with E-state index in [0.717, 1.165) is 17.2 Å². The number of carbonyl (C=O) groups excluding carboxylic acids is 1. The summed E-state index contributed by atoms with van der Waals surface area (Å²) >= 11 is 3.60. The zero-order chi connectivity index (χ0) is 17.5. The van der Waals surface area contributed by atoms with Gasteiger partial charge in [0.05, 0.1) is 5.69 Å². The van der Waals surface area contributed by atoms with Gasteiger partial charge in [0.25, 0.3) is 0 Å². The van der Waals surface area contributed by atoms with Gasteiger partial charge in [-0.05, 0) is 32.9 Å². The summed E-state index contributed by atoms with van der Waals surface area (Å²) in [4.78, 5) is 17.3. The number of rotatable bonds is 6. The van der Waals surface area contributed by atoms with Crippen molar-refractivity contribution in [2.45, 2.75) is 62.5 Å². The van der Waals surface area contributed by atoms with E-state index in [9.17, 15) is 4.79 Å². The van der Waals surface area contributed by atoms with Crippen LogP contribution in [-0.4, -0.2) is 33.7 Å². The number of hydrogen-bond acceptors (Lipinski definition) is 5. The Morgan fingerprint density at radius 3 is 2.57 bits per heavy atom. The summed E-state index contributed by atoms with van der Waals surface area (Å²) in [5.41, 5.74) is 0.652. The van der Waals surface area contributed by atoms with Crippen molar-refractivity contribution < 1.29 is 9.53 Å². The summed E-state index contributed by atoms with van der Waals surface area (Å²) in [7, 11) is 0. The molecule has 0 saturated heterocycles. The van der Waals surface area contributed by atoms with Gasteiger partial charge < -0.3 is 10.1 Å². The molecule has 1 N–H and O–H groups in total. The van der Waals surface area contributed by atoms with Gasteiger partial charge >= 0.3 is 6.09 Å². The topological polar surface area (TPSA) is 51.2 Å². The van der Waals surface area contributed by atoms with E-state index in [0.29, 0.717) is 6.54 Å². The molecule has 0 fully saturated rings. The summed E-state index contributed by atoms with van der Waals surface area (Å²) in [5.74, 6) is 1.67. The number of nitrogens with one attached hydrogen (secondary N) is 1. The van der Waals surface area contributed by atoms with Gasteiger partial charge in [0.15, 0.2) is 0 Å². The third-order valence-corrected chi connectivity index (χ3v) is 4.59. The SMILES string of the molecule is CC(C)(C)OC(=O)NCCSCc1ncccc1SC(C)(C)C. The Balaban J connectivity index is 2.35. The fourth-order valence-electron chi connectivity index (χ4n) is 1.66. The molecule has 0 radical (unpaired) electrons.